The third kappa shape index (κ3) is 4.69. The van der Waals surface area contributed by atoms with Crippen molar-refractivity contribution < 1.29 is 14.3 Å². The van der Waals surface area contributed by atoms with Gasteiger partial charge in [0.2, 0.25) is 0 Å². The largest absolute Gasteiger partial charge is 0.490 e. The van der Waals surface area contributed by atoms with Crippen LogP contribution in [0.25, 0.3) is 6.08 Å². The van der Waals surface area contributed by atoms with Gasteiger partial charge in [-0.25, -0.2) is 0 Å². The van der Waals surface area contributed by atoms with Crippen molar-refractivity contribution in [1.82, 2.24) is 4.90 Å². The number of rotatable bonds is 7. The van der Waals surface area contributed by atoms with Crippen molar-refractivity contribution >= 4 is 51.5 Å². The van der Waals surface area contributed by atoms with Gasteiger partial charge in [-0.05, 0) is 85.8 Å². The Morgan fingerprint density at radius 2 is 1.92 bits per heavy atom. The highest BCUT2D eigenvalue weighted by molar-refractivity contribution is 14.1. The highest BCUT2D eigenvalue weighted by Crippen LogP contribution is 2.37. The Morgan fingerprint density at radius 1 is 1.20 bits per heavy atom. The maximum absolute atomic E-state index is 12.6. The van der Waals surface area contributed by atoms with Crippen LogP contribution >= 0.6 is 34.4 Å². The molecular weight excluding hydrogens is 451 g/mol. The lowest BCUT2D eigenvalue weighted by Crippen LogP contribution is -2.28. The van der Waals surface area contributed by atoms with E-state index in [1.165, 1.54) is 11.8 Å². The molecule has 0 aliphatic carbocycles. The van der Waals surface area contributed by atoms with Gasteiger partial charge in [-0.15, -0.1) is 0 Å². The second kappa shape index (κ2) is 9.47. The van der Waals surface area contributed by atoms with Gasteiger partial charge in [-0.1, -0.05) is 0 Å². The number of nitrogens with zero attached hydrogens (tertiary/aromatic N) is 2. The first kappa shape index (κ1) is 20.1. The second-order valence-corrected chi connectivity index (χ2v) is 7.28. The van der Waals surface area contributed by atoms with E-state index in [1.54, 1.807) is 4.90 Å². The number of halogens is 1. The van der Waals surface area contributed by atoms with Crippen LogP contribution < -0.4 is 9.47 Å². The fourth-order valence-electron chi connectivity index (χ4n) is 2.41. The van der Waals surface area contributed by atoms with Crippen LogP contribution in [0.15, 0.2) is 22.0 Å². The van der Waals surface area contributed by atoms with E-state index in [1.807, 2.05) is 45.9 Å². The molecule has 1 aliphatic rings. The number of carbonyl (C=O) groups excluding carboxylic acids is 1. The summed E-state index contributed by atoms with van der Waals surface area (Å²) >= 11 is 3.66. The minimum absolute atomic E-state index is 0.00144. The number of hydrogen-bond acceptors (Lipinski definition) is 5. The van der Waals surface area contributed by atoms with Gasteiger partial charge in [0.1, 0.15) is 0 Å². The molecule has 0 spiro atoms. The summed E-state index contributed by atoms with van der Waals surface area (Å²) in [6.45, 7) is 10.2. The molecular formula is C18H23IN2O3S. The molecule has 136 valence electrons. The molecule has 25 heavy (non-hydrogen) atoms. The van der Waals surface area contributed by atoms with E-state index in [0.717, 1.165) is 20.1 Å². The molecule has 0 N–H and O–H groups in total. The third-order valence-corrected chi connectivity index (χ3v) is 5.26. The minimum Gasteiger partial charge on any atom is -0.490 e. The van der Waals surface area contributed by atoms with Gasteiger partial charge < -0.3 is 9.47 Å². The number of amides is 1. The van der Waals surface area contributed by atoms with Crippen LogP contribution in [0.1, 0.15) is 33.3 Å². The number of carbonyl (C=O) groups is 1. The molecule has 1 saturated heterocycles. The summed E-state index contributed by atoms with van der Waals surface area (Å²) in [5, 5.41) is 0.770. The molecule has 1 fully saturated rings. The van der Waals surface area contributed by atoms with E-state index < -0.39 is 0 Å². The maximum atomic E-state index is 12.6. The molecule has 7 heteroatoms. The summed E-state index contributed by atoms with van der Waals surface area (Å²) < 4.78 is 12.4. The van der Waals surface area contributed by atoms with Crippen LogP contribution in [0.5, 0.6) is 11.5 Å². The Morgan fingerprint density at radius 3 is 2.52 bits per heavy atom. The maximum Gasteiger partial charge on any atom is 0.266 e. The second-order valence-electron chi connectivity index (χ2n) is 5.11. The van der Waals surface area contributed by atoms with E-state index in [0.29, 0.717) is 37.0 Å². The molecule has 1 aromatic rings. The molecule has 1 heterocycles. The minimum atomic E-state index is 0.00144. The summed E-state index contributed by atoms with van der Waals surface area (Å²) in [6, 6.07) is 3.92. The number of likely N-dealkylation sites (N-methyl/N-ethyl adjacent to an activating group) is 1. The van der Waals surface area contributed by atoms with E-state index >= 15 is 0 Å². The Balaban J connectivity index is 2.40. The molecule has 1 aliphatic heterocycles. The molecule has 0 saturated carbocycles. The van der Waals surface area contributed by atoms with Crippen LogP contribution in [-0.2, 0) is 4.79 Å². The summed E-state index contributed by atoms with van der Waals surface area (Å²) in [5.74, 6) is 1.45. The Bertz CT molecular complexity index is 704. The molecule has 1 amide bonds. The standard InChI is InChI=1S/C18H23IN2O3S/c1-5-20-18-21(6-2)17(22)15(25-18)11-12-9-13(19)16(24-8-4)14(10-12)23-7-3/h9-11H,5-8H2,1-4H3/b15-11-,20-18?. The lowest BCUT2D eigenvalue weighted by molar-refractivity contribution is -0.122. The quantitative estimate of drug-likeness (QED) is 0.434. The van der Waals surface area contributed by atoms with Gasteiger partial charge in [0, 0.05) is 13.1 Å². The fourth-order valence-corrected chi connectivity index (χ4v) is 4.30. The van der Waals surface area contributed by atoms with Gasteiger partial charge in [0.15, 0.2) is 16.7 Å². The normalized spacial score (nSPS) is 17.6. The van der Waals surface area contributed by atoms with Crippen molar-refractivity contribution in [3.63, 3.8) is 0 Å². The molecule has 0 unspecified atom stereocenters. The first-order valence-corrected chi connectivity index (χ1v) is 10.3. The van der Waals surface area contributed by atoms with Crippen molar-refractivity contribution in [2.24, 2.45) is 4.99 Å². The molecule has 5 nitrogen and oxygen atoms in total. The number of thioether (sulfide) groups is 1. The zero-order valence-electron chi connectivity index (χ0n) is 15.0. The lowest BCUT2D eigenvalue weighted by atomic mass is 10.2. The summed E-state index contributed by atoms with van der Waals surface area (Å²) in [4.78, 5) is 19.4. The number of aliphatic imine (C=N–C) groups is 1. The zero-order chi connectivity index (χ0) is 18.4. The third-order valence-electron chi connectivity index (χ3n) is 3.42. The number of hydrogen-bond donors (Lipinski definition) is 0. The summed E-state index contributed by atoms with van der Waals surface area (Å²) in [6.07, 6.45) is 1.90. The Labute approximate surface area is 167 Å². The van der Waals surface area contributed by atoms with Gasteiger partial charge in [-0.3, -0.25) is 14.7 Å². The Kier molecular flexibility index (Phi) is 7.61. The first-order chi connectivity index (χ1) is 12.0. The molecule has 0 atom stereocenters. The molecule has 0 bridgehead atoms. The summed E-state index contributed by atoms with van der Waals surface area (Å²) in [7, 11) is 0. The van der Waals surface area contributed by atoms with Gasteiger partial charge in [0.05, 0.1) is 21.7 Å². The van der Waals surface area contributed by atoms with E-state index in [9.17, 15) is 4.79 Å². The van der Waals surface area contributed by atoms with Crippen LogP contribution in [0, 0.1) is 3.57 Å². The van der Waals surface area contributed by atoms with Crippen LogP contribution in [-0.4, -0.2) is 42.3 Å². The first-order valence-electron chi connectivity index (χ1n) is 8.40. The molecule has 0 radical (unpaired) electrons. The van der Waals surface area contributed by atoms with Crippen LogP contribution in [0.4, 0.5) is 0 Å². The van der Waals surface area contributed by atoms with E-state index in [4.69, 9.17) is 9.47 Å². The van der Waals surface area contributed by atoms with Crippen molar-refractivity contribution in [3.8, 4) is 11.5 Å². The van der Waals surface area contributed by atoms with Gasteiger partial charge in [-0.2, -0.15) is 0 Å². The highest BCUT2D eigenvalue weighted by atomic mass is 127. The van der Waals surface area contributed by atoms with E-state index in [2.05, 4.69) is 27.6 Å². The lowest BCUT2D eigenvalue weighted by Gasteiger charge is -2.13. The summed E-state index contributed by atoms with van der Waals surface area (Å²) in [5.41, 5.74) is 0.918. The van der Waals surface area contributed by atoms with E-state index in [-0.39, 0.29) is 5.91 Å². The molecule has 0 aromatic heterocycles. The van der Waals surface area contributed by atoms with Crippen molar-refractivity contribution in [2.45, 2.75) is 27.7 Å². The highest BCUT2D eigenvalue weighted by Gasteiger charge is 2.31. The monoisotopic (exact) mass is 474 g/mol. The van der Waals surface area contributed by atoms with Crippen molar-refractivity contribution in [3.05, 3.63) is 26.2 Å². The smallest absolute Gasteiger partial charge is 0.266 e. The average molecular weight is 474 g/mol. The van der Waals surface area contributed by atoms with Crippen molar-refractivity contribution in [1.29, 1.82) is 0 Å². The topological polar surface area (TPSA) is 51.1 Å². The van der Waals surface area contributed by atoms with Gasteiger partial charge >= 0.3 is 0 Å². The predicted octanol–water partition coefficient (Wildman–Crippen LogP) is 4.40. The van der Waals surface area contributed by atoms with Crippen molar-refractivity contribution in [2.75, 3.05) is 26.3 Å². The predicted molar refractivity (Wildman–Crippen MR) is 112 cm³/mol. The molecule has 2 rings (SSSR count). The Hall–Kier alpha value is -1.22. The SMILES string of the molecule is CCN=C1S/C(=C\c2cc(I)c(OCC)c(OCC)c2)C(=O)N1CC. The average Bonchev–Trinajstić information content (AvgIpc) is 2.86. The van der Waals surface area contributed by atoms with Crippen LogP contribution in [0.3, 0.4) is 0 Å². The number of amidine groups is 1. The van der Waals surface area contributed by atoms with Gasteiger partial charge in [0.25, 0.3) is 5.91 Å². The number of benzene rings is 1. The zero-order valence-corrected chi connectivity index (χ0v) is 17.9. The molecule has 1 aromatic carbocycles. The number of ether oxygens (including phenoxy) is 2. The van der Waals surface area contributed by atoms with Crippen LogP contribution in [0.2, 0.25) is 0 Å². The fraction of sp³-hybridized carbons (Fsp3) is 0.444.